The molecule has 0 aromatic heterocycles. The fourth-order valence-electron chi connectivity index (χ4n) is 3.16. The van der Waals surface area contributed by atoms with Crippen LogP contribution in [0.4, 0.5) is 0 Å². The molecule has 0 saturated carbocycles. The van der Waals surface area contributed by atoms with Crippen molar-refractivity contribution in [2.45, 2.75) is 18.9 Å². The lowest BCUT2D eigenvalue weighted by Gasteiger charge is -2.32. The highest BCUT2D eigenvalue weighted by Crippen LogP contribution is 2.28. The number of fused-ring (bicyclic) bond motifs is 1. The molecule has 0 saturated heterocycles. The van der Waals surface area contributed by atoms with E-state index in [0.717, 1.165) is 22.8 Å². The van der Waals surface area contributed by atoms with Gasteiger partial charge in [-0.15, -0.1) is 0 Å². The van der Waals surface area contributed by atoms with Crippen molar-refractivity contribution in [1.82, 2.24) is 5.32 Å². The van der Waals surface area contributed by atoms with Crippen molar-refractivity contribution in [2.24, 2.45) is 0 Å². The summed E-state index contributed by atoms with van der Waals surface area (Å²) in [5, 5.41) is 5.23. The first-order valence-corrected chi connectivity index (χ1v) is 8.56. The third-order valence-corrected chi connectivity index (χ3v) is 4.81. The van der Waals surface area contributed by atoms with E-state index in [9.17, 15) is 4.79 Å². The highest BCUT2D eigenvalue weighted by Gasteiger charge is 2.30. The molecule has 3 nitrogen and oxygen atoms in total. The van der Waals surface area contributed by atoms with E-state index in [4.69, 9.17) is 4.74 Å². The van der Waals surface area contributed by atoms with Crippen molar-refractivity contribution in [3.05, 3.63) is 83.9 Å². The van der Waals surface area contributed by atoms with Gasteiger partial charge in [-0.25, -0.2) is 0 Å². The van der Waals surface area contributed by atoms with E-state index in [1.54, 1.807) is 7.11 Å². The molecule has 0 aliphatic carbocycles. The fraction of sp³-hybridized carbons (Fsp3) is 0.227. The summed E-state index contributed by atoms with van der Waals surface area (Å²) in [5.41, 5.74) is 1.21. The number of hydrogen-bond acceptors (Lipinski definition) is 2. The molecule has 0 radical (unpaired) electrons. The third-order valence-electron chi connectivity index (χ3n) is 4.81. The Labute approximate surface area is 148 Å². The van der Waals surface area contributed by atoms with Crippen molar-refractivity contribution in [3.8, 4) is 0 Å². The van der Waals surface area contributed by atoms with Crippen LogP contribution in [0.25, 0.3) is 10.8 Å². The third kappa shape index (κ3) is 3.57. The molecular formula is C22H23NO2. The van der Waals surface area contributed by atoms with Crippen LogP contribution in [0.5, 0.6) is 0 Å². The van der Waals surface area contributed by atoms with Crippen LogP contribution in [0.1, 0.15) is 29.3 Å². The normalized spacial score (nSPS) is 13.4. The van der Waals surface area contributed by atoms with Crippen LogP contribution < -0.4 is 5.32 Å². The average molecular weight is 333 g/mol. The number of methoxy groups -OCH3 is 1. The molecule has 1 atom stereocenters. The number of amides is 1. The van der Waals surface area contributed by atoms with Gasteiger partial charge in [0.05, 0.1) is 6.54 Å². The van der Waals surface area contributed by atoms with Gasteiger partial charge in [-0.05, 0) is 34.9 Å². The largest absolute Gasteiger partial charge is 0.372 e. The molecule has 0 fully saturated rings. The van der Waals surface area contributed by atoms with Gasteiger partial charge < -0.3 is 10.1 Å². The van der Waals surface area contributed by atoms with Gasteiger partial charge in [-0.1, -0.05) is 67.6 Å². The summed E-state index contributed by atoms with van der Waals surface area (Å²) >= 11 is 0. The predicted octanol–water partition coefficient (Wildman–Crippen LogP) is 4.52. The Morgan fingerprint density at radius 1 is 0.960 bits per heavy atom. The molecule has 3 aromatic carbocycles. The molecule has 25 heavy (non-hydrogen) atoms. The van der Waals surface area contributed by atoms with Crippen LogP contribution in [-0.2, 0) is 10.3 Å². The Hall–Kier alpha value is -2.65. The maximum Gasteiger partial charge on any atom is 0.251 e. The van der Waals surface area contributed by atoms with E-state index in [0.29, 0.717) is 12.1 Å². The maximum atomic E-state index is 12.6. The SMILES string of the molecule is CCC(CNC(=O)c1ccc2ccccc2c1)(OC)c1ccccc1. The second kappa shape index (κ2) is 7.49. The van der Waals surface area contributed by atoms with Crippen LogP contribution in [0.15, 0.2) is 72.8 Å². The number of nitrogens with one attached hydrogen (secondary N) is 1. The summed E-state index contributed by atoms with van der Waals surface area (Å²) in [7, 11) is 1.69. The van der Waals surface area contributed by atoms with Gasteiger partial charge in [0.25, 0.3) is 5.91 Å². The van der Waals surface area contributed by atoms with E-state index in [1.165, 1.54) is 0 Å². The molecule has 0 aliphatic rings. The topological polar surface area (TPSA) is 38.3 Å². The monoisotopic (exact) mass is 333 g/mol. The first-order valence-electron chi connectivity index (χ1n) is 8.56. The smallest absolute Gasteiger partial charge is 0.251 e. The lowest BCUT2D eigenvalue weighted by Crippen LogP contribution is -2.41. The van der Waals surface area contributed by atoms with Crippen LogP contribution >= 0.6 is 0 Å². The van der Waals surface area contributed by atoms with Crippen molar-refractivity contribution in [1.29, 1.82) is 0 Å². The molecular weight excluding hydrogens is 310 g/mol. The van der Waals surface area contributed by atoms with E-state index < -0.39 is 5.60 Å². The zero-order valence-electron chi connectivity index (χ0n) is 14.7. The van der Waals surface area contributed by atoms with Crippen molar-refractivity contribution in [3.63, 3.8) is 0 Å². The highest BCUT2D eigenvalue weighted by atomic mass is 16.5. The van der Waals surface area contributed by atoms with E-state index >= 15 is 0 Å². The summed E-state index contributed by atoms with van der Waals surface area (Å²) in [4.78, 5) is 12.6. The van der Waals surface area contributed by atoms with Crippen LogP contribution in [0.3, 0.4) is 0 Å². The number of carbonyl (C=O) groups is 1. The standard InChI is InChI=1S/C22H23NO2/c1-3-22(25-2,20-11-5-4-6-12-20)16-23-21(24)19-14-13-17-9-7-8-10-18(17)15-19/h4-15H,3,16H2,1-2H3,(H,23,24). The van der Waals surface area contributed by atoms with E-state index in [2.05, 4.69) is 12.2 Å². The van der Waals surface area contributed by atoms with E-state index in [-0.39, 0.29) is 5.91 Å². The minimum Gasteiger partial charge on any atom is -0.372 e. The number of ether oxygens (including phenoxy) is 1. The Kier molecular flexibility index (Phi) is 5.15. The molecule has 0 heterocycles. The zero-order chi connectivity index (χ0) is 17.7. The van der Waals surface area contributed by atoms with Crippen LogP contribution in [0.2, 0.25) is 0 Å². The maximum absolute atomic E-state index is 12.6. The Morgan fingerprint density at radius 3 is 2.32 bits per heavy atom. The lowest BCUT2D eigenvalue weighted by atomic mass is 9.90. The average Bonchev–Trinajstić information content (AvgIpc) is 2.69. The zero-order valence-corrected chi connectivity index (χ0v) is 14.7. The lowest BCUT2D eigenvalue weighted by molar-refractivity contribution is -0.0164. The first-order chi connectivity index (χ1) is 12.2. The molecule has 0 bridgehead atoms. The quantitative estimate of drug-likeness (QED) is 0.720. The summed E-state index contributed by atoms with van der Waals surface area (Å²) in [6, 6.07) is 23.8. The highest BCUT2D eigenvalue weighted by molar-refractivity contribution is 5.98. The summed E-state index contributed by atoms with van der Waals surface area (Å²) in [6.45, 7) is 2.49. The minimum absolute atomic E-state index is 0.0865. The first kappa shape index (κ1) is 17.2. The molecule has 0 aliphatic heterocycles. The van der Waals surface area contributed by atoms with Crippen LogP contribution in [0, 0.1) is 0 Å². The summed E-state index contributed by atoms with van der Waals surface area (Å²) < 4.78 is 5.81. The molecule has 3 aromatic rings. The number of benzene rings is 3. The van der Waals surface area contributed by atoms with Gasteiger partial charge in [-0.2, -0.15) is 0 Å². The van der Waals surface area contributed by atoms with Gasteiger partial charge in [0.2, 0.25) is 0 Å². The summed E-state index contributed by atoms with van der Waals surface area (Å²) in [5.74, 6) is -0.0865. The van der Waals surface area contributed by atoms with Gasteiger partial charge in [0.15, 0.2) is 0 Å². The Balaban J connectivity index is 1.79. The van der Waals surface area contributed by atoms with Gasteiger partial charge in [0, 0.05) is 12.7 Å². The Morgan fingerprint density at radius 2 is 1.64 bits per heavy atom. The number of carbonyl (C=O) groups excluding carboxylic acids is 1. The molecule has 3 heteroatoms. The van der Waals surface area contributed by atoms with Crippen LogP contribution in [-0.4, -0.2) is 19.6 Å². The van der Waals surface area contributed by atoms with Gasteiger partial charge in [0.1, 0.15) is 5.60 Å². The molecule has 0 spiro atoms. The van der Waals surface area contributed by atoms with Crippen molar-refractivity contribution < 1.29 is 9.53 Å². The van der Waals surface area contributed by atoms with Gasteiger partial charge in [-0.3, -0.25) is 4.79 Å². The second-order valence-corrected chi connectivity index (χ2v) is 6.16. The minimum atomic E-state index is -0.520. The number of hydrogen-bond donors (Lipinski definition) is 1. The molecule has 3 rings (SSSR count). The van der Waals surface area contributed by atoms with Crippen molar-refractivity contribution >= 4 is 16.7 Å². The molecule has 128 valence electrons. The van der Waals surface area contributed by atoms with Crippen molar-refractivity contribution in [2.75, 3.05) is 13.7 Å². The fourth-order valence-corrected chi connectivity index (χ4v) is 3.16. The summed E-state index contributed by atoms with van der Waals surface area (Å²) in [6.07, 6.45) is 0.769. The second-order valence-electron chi connectivity index (χ2n) is 6.16. The molecule has 1 unspecified atom stereocenters. The molecule has 1 amide bonds. The number of rotatable bonds is 6. The molecule has 1 N–H and O–H groups in total. The van der Waals surface area contributed by atoms with E-state index in [1.807, 2.05) is 72.8 Å². The predicted molar refractivity (Wildman–Crippen MR) is 102 cm³/mol. The van der Waals surface area contributed by atoms with Gasteiger partial charge >= 0.3 is 0 Å². The Bertz CT molecular complexity index is 854.